The second kappa shape index (κ2) is 9.26. The molecule has 6 rings (SSSR count). The lowest BCUT2D eigenvalue weighted by molar-refractivity contribution is -0.0198. The predicted molar refractivity (Wildman–Crippen MR) is 137 cm³/mol. The lowest BCUT2D eigenvalue weighted by Crippen LogP contribution is -2.39. The molecular weight excluding hydrogens is 456 g/mol. The highest BCUT2D eigenvalue weighted by Crippen LogP contribution is 2.42. The van der Waals surface area contributed by atoms with Gasteiger partial charge in [0.15, 0.2) is 17.2 Å². The molecule has 7 nitrogen and oxygen atoms in total. The minimum Gasteiger partial charge on any atom is -0.507 e. The maximum atomic E-state index is 10.1. The number of hydrogen-bond acceptors (Lipinski definition) is 7. The molecule has 0 radical (unpaired) electrons. The Bertz CT molecular complexity index is 1440. The van der Waals surface area contributed by atoms with E-state index < -0.39 is 0 Å². The highest BCUT2D eigenvalue weighted by atomic mass is 16.9. The molecule has 1 unspecified atom stereocenters. The number of aromatic hydroxyl groups is 1. The van der Waals surface area contributed by atoms with Crippen LogP contribution in [0.25, 0.3) is 10.8 Å². The predicted octanol–water partition coefficient (Wildman–Crippen LogP) is 5.10. The molecule has 0 fully saturated rings. The standard InChI is InChI=1S/C29H28N2O5/c1-33-21-9-10-22-18(13-21)11-12-31-17-20-16-28(34-2)29(15-19(20)14-25(22)31)36-30-35-27-8-4-5-23-24(27)6-3-7-26(23)32/h3-10,13,15-16,25,30,32H,11-12,14,17H2,1-2H3. The zero-order valence-electron chi connectivity index (χ0n) is 20.3. The number of methoxy groups -OCH3 is 2. The van der Waals surface area contributed by atoms with Crippen LogP contribution in [0.1, 0.15) is 28.3 Å². The van der Waals surface area contributed by atoms with Crippen LogP contribution < -0.4 is 24.8 Å². The van der Waals surface area contributed by atoms with E-state index in [0.717, 1.165) is 37.1 Å². The van der Waals surface area contributed by atoms with E-state index in [1.807, 2.05) is 30.3 Å². The Morgan fingerprint density at radius 1 is 0.806 bits per heavy atom. The van der Waals surface area contributed by atoms with Gasteiger partial charge in [-0.25, -0.2) is 0 Å². The summed E-state index contributed by atoms with van der Waals surface area (Å²) in [5.74, 6) is 2.85. The average molecular weight is 485 g/mol. The van der Waals surface area contributed by atoms with Gasteiger partial charge in [0.2, 0.25) is 0 Å². The van der Waals surface area contributed by atoms with E-state index in [9.17, 15) is 5.11 Å². The first-order chi connectivity index (χ1) is 17.6. The highest BCUT2D eigenvalue weighted by Gasteiger charge is 2.33. The number of ether oxygens (including phenoxy) is 2. The van der Waals surface area contributed by atoms with Crippen LogP contribution in [0.15, 0.2) is 66.7 Å². The van der Waals surface area contributed by atoms with Crippen molar-refractivity contribution in [2.75, 3.05) is 20.8 Å². The molecule has 2 N–H and O–H groups in total. The van der Waals surface area contributed by atoms with Gasteiger partial charge in [-0.2, -0.15) is 0 Å². The molecule has 2 aliphatic heterocycles. The first-order valence-corrected chi connectivity index (χ1v) is 12.0. The van der Waals surface area contributed by atoms with Gasteiger partial charge in [-0.15, -0.1) is 0 Å². The Labute approximate surface area is 209 Å². The van der Waals surface area contributed by atoms with Crippen molar-refractivity contribution in [1.29, 1.82) is 0 Å². The van der Waals surface area contributed by atoms with Gasteiger partial charge in [-0.05, 0) is 71.5 Å². The van der Waals surface area contributed by atoms with Crippen molar-refractivity contribution >= 4 is 10.8 Å². The fourth-order valence-electron chi connectivity index (χ4n) is 5.41. The Morgan fingerprint density at radius 2 is 1.61 bits per heavy atom. The average Bonchev–Trinajstić information content (AvgIpc) is 2.91. The zero-order valence-corrected chi connectivity index (χ0v) is 20.3. The summed E-state index contributed by atoms with van der Waals surface area (Å²) in [6.07, 6.45) is 1.91. The van der Waals surface area contributed by atoms with Crippen LogP contribution in [0.3, 0.4) is 0 Å². The topological polar surface area (TPSA) is 72.4 Å². The molecule has 0 bridgehead atoms. The summed E-state index contributed by atoms with van der Waals surface area (Å²) in [7, 11) is 3.35. The first-order valence-electron chi connectivity index (χ1n) is 12.0. The van der Waals surface area contributed by atoms with Crippen molar-refractivity contribution in [3.8, 4) is 28.7 Å². The molecule has 4 aromatic carbocycles. The molecule has 0 aromatic heterocycles. The fraction of sp³-hybridized carbons (Fsp3) is 0.241. The van der Waals surface area contributed by atoms with Crippen molar-refractivity contribution < 1.29 is 24.3 Å². The molecule has 0 amide bonds. The number of nitrogens with one attached hydrogen (secondary N) is 1. The number of phenols is 1. The maximum Gasteiger partial charge on any atom is 0.193 e. The van der Waals surface area contributed by atoms with Crippen LogP contribution >= 0.6 is 0 Å². The van der Waals surface area contributed by atoms with Gasteiger partial charge >= 0.3 is 0 Å². The van der Waals surface area contributed by atoms with Crippen LogP contribution in [-0.4, -0.2) is 30.8 Å². The van der Waals surface area contributed by atoms with Gasteiger partial charge in [-0.1, -0.05) is 30.3 Å². The van der Waals surface area contributed by atoms with E-state index in [0.29, 0.717) is 28.7 Å². The summed E-state index contributed by atoms with van der Waals surface area (Å²) < 4.78 is 11.1. The largest absolute Gasteiger partial charge is 0.507 e. The summed E-state index contributed by atoms with van der Waals surface area (Å²) in [5.41, 5.74) is 7.82. The Kier molecular flexibility index (Phi) is 5.79. The van der Waals surface area contributed by atoms with Gasteiger partial charge in [0.25, 0.3) is 0 Å². The van der Waals surface area contributed by atoms with Crippen LogP contribution in [0.5, 0.6) is 28.7 Å². The van der Waals surface area contributed by atoms with Gasteiger partial charge < -0.3 is 24.3 Å². The van der Waals surface area contributed by atoms with Crippen LogP contribution in [0.4, 0.5) is 0 Å². The number of rotatable bonds is 6. The molecule has 0 saturated carbocycles. The van der Waals surface area contributed by atoms with E-state index in [1.54, 1.807) is 26.4 Å². The smallest absolute Gasteiger partial charge is 0.193 e. The highest BCUT2D eigenvalue weighted by molar-refractivity contribution is 5.92. The molecular formula is C29H28N2O5. The van der Waals surface area contributed by atoms with E-state index in [4.69, 9.17) is 19.1 Å². The molecule has 4 aromatic rings. The first kappa shape index (κ1) is 22.5. The second-order valence-corrected chi connectivity index (χ2v) is 9.19. The zero-order chi connectivity index (χ0) is 24.6. The van der Waals surface area contributed by atoms with Crippen molar-refractivity contribution in [1.82, 2.24) is 10.5 Å². The van der Waals surface area contributed by atoms with Crippen molar-refractivity contribution in [2.24, 2.45) is 0 Å². The van der Waals surface area contributed by atoms with E-state index in [1.165, 1.54) is 22.3 Å². The molecule has 7 heteroatoms. The van der Waals surface area contributed by atoms with Gasteiger partial charge in [0.1, 0.15) is 11.5 Å². The summed E-state index contributed by atoms with van der Waals surface area (Å²) in [6, 6.07) is 21.6. The summed E-state index contributed by atoms with van der Waals surface area (Å²) >= 11 is 0. The molecule has 184 valence electrons. The van der Waals surface area contributed by atoms with Gasteiger partial charge in [0.05, 0.1) is 14.2 Å². The third-order valence-electron chi connectivity index (χ3n) is 7.25. The Morgan fingerprint density at radius 3 is 2.47 bits per heavy atom. The molecule has 0 saturated heterocycles. The normalized spacial score (nSPS) is 16.6. The lowest BCUT2D eigenvalue weighted by atomic mass is 9.84. The minimum absolute atomic E-state index is 0.201. The molecule has 36 heavy (non-hydrogen) atoms. The summed E-state index contributed by atoms with van der Waals surface area (Å²) in [5, 5.41) is 11.6. The fourth-order valence-corrected chi connectivity index (χ4v) is 5.41. The van der Waals surface area contributed by atoms with Crippen LogP contribution in [-0.2, 0) is 19.4 Å². The van der Waals surface area contributed by atoms with Crippen molar-refractivity contribution in [3.05, 3.63) is 89.0 Å². The summed E-state index contributed by atoms with van der Waals surface area (Å²) in [4.78, 5) is 14.1. The van der Waals surface area contributed by atoms with Crippen molar-refractivity contribution in [2.45, 2.75) is 25.4 Å². The van der Waals surface area contributed by atoms with Gasteiger partial charge in [-0.3, -0.25) is 4.90 Å². The third-order valence-corrected chi connectivity index (χ3v) is 7.25. The monoisotopic (exact) mass is 484 g/mol. The SMILES string of the molecule is COc1ccc2c(c1)CCN1Cc3cc(OC)c(ONOc4cccc5c(O)cccc45)cc3CC21. The number of phenolic OH excluding ortho intramolecular Hbond substituents is 1. The van der Waals surface area contributed by atoms with Crippen LogP contribution in [0, 0.1) is 0 Å². The Balaban J connectivity index is 1.23. The molecule has 0 aliphatic carbocycles. The lowest BCUT2D eigenvalue weighted by Gasteiger charge is -2.41. The van der Waals surface area contributed by atoms with Crippen molar-refractivity contribution in [3.63, 3.8) is 0 Å². The number of fused-ring (bicyclic) bond motifs is 5. The quantitative estimate of drug-likeness (QED) is 0.369. The maximum absolute atomic E-state index is 10.1. The molecule has 0 spiro atoms. The molecule has 1 atom stereocenters. The number of benzene rings is 4. The molecule has 2 aliphatic rings. The third kappa shape index (κ3) is 3.96. The number of hydrogen-bond donors (Lipinski definition) is 2. The summed E-state index contributed by atoms with van der Waals surface area (Å²) in [6.45, 7) is 1.88. The van der Waals surface area contributed by atoms with Crippen LogP contribution in [0.2, 0.25) is 0 Å². The second-order valence-electron chi connectivity index (χ2n) is 9.19. The molecule has 2 heterocycles. The van der Waals surface area contributed by atoms with Gasteiger partial charge in [0, 0.05) is 35.5 Å². The Hall–Kier alpha value is -3.94. The number of nitrogens with zero attached hydrogens (tertiary/aromatic N) is 1. The van der Waals surface area contributed by atoms with E-state index >= 15 is 0 Å². The van der Waals surface area contributed by atoms with E-state index in [2.05, 4.69) is 34.8 Å². The minimum atomic E-state index is 0.201. The van der Waals surface area contributed by atoms with E-state index in [-0.39, 0.29) is 5.75 Å².